The van der Waals surface area contributed by atoms with Gasteiger partial charge in [0, 0.05) is 0 Å². The first kappa shape index (κ1) is 44.8. The van der Waals surface area contributed by atoms with Crippen molar-refractivity contribution in [3.8, 4) is 0 Å². The second kappa shape index (κ2) is 24.8. The van der Waals surface area contributed by atoms with Gasteiger partial charge in [0.25, 0.3) is 0 Å². The molecule has 0 saturated heterocycles. The Morgan fingerprint density at radius 3 is 1.00 bits per heavy atom. The van der Waals surface area contributed by atoms with Crippen molar-refractivity contribution in [1.29, 1.82) is 0 Å². The Morgan fingerprint density at radius 1 is 0.525 bits per heavy atom. The molecule has 0 heterocycles. The van der Waals surface area contributed by atoms with E-state index in [1.807, 2.05) is 0 Å². The normalized spacial score (nSPS) is 12.7. The molecule has 0 amide bonds. The van der Waals surface area contributed by atoms with Gasteiger partial charge in [-0.25, -0.2) is 4.18 Å². The van der Waals surface area contributed by atoms with Gasteiger partial charge in [-0.2, -0.15) is 21.9 Å². The summed E-state index contributed by atoms with van der Waals surface area (Å²) >= 11 is 0. The molecule has 0 unspecified atom stereocenters. The second-order valence-electron chi connectivity index (χ2n) is 9.71. The third-order valence-corrected chi connectivity index (χ3v) is 7.20. The number of hydrogen-bond donors (Lipinski definition) is 10. The summed E-state index contributed by atoms with van der Waals surface area (Å²) in [6.45, 7) is -5.96. The van der Waals surface area contributed by atoms with Crippen molar-refractivity contribution in [2.45, 2.75) is 77.4 Å². The minimum absolute atomic E-state index is 0. The summed E-state index contributed by atoms with van der Waals surface area (Å²) in [5.41, 5.74) is 0. The van der Waals surface area contributed by atoms with E-state index in [1.54, 1.807) is 0 Å². The molecule has 0 bridgehead atoms. The van der Waals surface area contributed by atoms with Crippen LogP contribution in [0.15, 0.2) is 0 Å². The van der Waals surface area contributed by atoms with E-state index in [9.17, 15) is 54.4 Å². The minimum atomic E-state index is -4.23. The monoisotopic (exact) mass is 624 g/mol. The van der Waals surface area contributed by atoms with Crippen LogP contribution in [-0.4, -0.2) is 175 Å². The van der Waals surface area contributed by atoms with E-state index in [0.717, 1.165) is 12.8 Å². The topological polar surface area (TPSA) is 246 Å². The summed E-state index contributed by atoms with van der Waals surface area (Å²) < 4.78 is 29.9. The Kier molecular flexibility index (Phi) is 27.8. The van der Waals surface area contributed by atoms with E-state index in [1.165, 1.54) is 44.9 Å². The number of quaternary nitrogens is 3. The summed E-state index contributed by atoms with van der Waals surface area (Å²) in [7, 11) is -4.23. The van der Waals surface area contributed by atoms with E-state index < -0.39 is 90.7 Å². The van der Waals surface area contributed by atoms with Crippen LogP contribution in [0.1, 0.15) is 71.1 Å². The number of unbranched alkanes of at least 4 members (excludes halogenated alkanes) is 9. The van der Waals surface area contributed by atoms with Crippen molar-refractivity contribution in [3.05, 3.63) is 0 Å². The molecule has 0 aromatic heterocycles. The molecule has 0 rings (SSSR count). The van der Waals surface area contributed by atoms with Gasteiger partial charge < -0.3 is 46.0 Å². The molecule has 240 valence electrons. The molecule has 0 spiro atoms. The van der Waals surface area contributed by atoms with Crippen LogP contribution in [0.2, 0.25) is 0 Å². The third-order valence-electron chi connectivity index (χ3n) is 6.73. The van der Waals surface area contributed by atoms with E-state index in [-0.39, 0.29) is 36.2 Å². The SMILES string of the molecule is CCCCCCCCCCCCOS(=O)(=O)O.OC[N+](CO)(CO)C([N+](CO)(CO)CO)[N+](CO)(CO)CO.[NaH]. The van der Waals surface area contributed by atoms with Crippen LogP contribution >= 0.6 is 0 Å². The molecule has 0 saturated carbocycles. The molecule has 0 aliphatic heterocycles. The van der Waals surface area contributed by atoms with Crippen LogP contribution in [0, 0.1) is 0 Å². The van der Waals surface area contributed by atoms with Crippen molar-refractivity contribution in [1.82, 2.24) is 0 Å². The first-order valence-corrected chi connectivity index (χ1v) is 14.5. The average molecular weight is 625 g/mol. The maximum absolute atomic E-state index is 10.2. The summed E-state index contributed by atoms with van der Waals surface area (Å²) in [6, 6.07) is 0. The Hall–Kier alpha value is 0.390. The van der Waals surface area contributed by atoms with E-state index in [0.29, 0.717) is 6.42 Å². The van der Waals surface area contributed by atoms with Crippen molar-refractivity contribution in [2.75, 3.05) is 67.2 Å². The van der Waals surface area contributed by atoms with Crippen LogP contribution in [-0.2, 0) is 14.6 Å². The molecule has 40 heavy (non-hydrogen) atoms. The number of nitrogens with zero attached hydrogens (tertiary/aromatic N) is 3. The fraction of sp³-hybridized carbons (Fsp3) is 1.00. The molecule has 16 nitrogen and oxygen atoms in total. The molecule has 0 aromatic carbocycles. The van der Waals surface area contributed by atoms with Gasteiger partial charge in [0.15, 0.2) is 60.6 Å². The van der Waals surface area contributed by atoms with Gasteiger partial charge in [0.05, 0.1) is 6.61 Å². The quantitative estimate of drug-likeness (QED) is 0.0174. The van der Waals surface area contributed by atoms with Crippen molar-refractivity contribution in [2.24, 2.45) is 0 Å². The van der Waals surface area contributed by atoms with Gasteiger partial charge in [-0.05, 0) is 6.42 Å². The summed E-state index contributed by atoms with van der Waals surface area (Å²) in [6.07, 6.45) is 10.3. The van der Waals surface area contributed by atoms with E-state index in [2.05, 4.69) is 11.1 Å². The predicted octanol–water partition coefficient (Wildman–Crippen LogP) is -2.65. The van der Waals surface area contributed by atoms with Crippen LogP contribution in [0.25, 0.3) is 0 Å². The van der Waals surface area contributed by atoms with Gasteiger partial charge in [-0.1, -0.05) is 64.7 Å². The van der Waals surface area contributed by atoms with Gasteiger partial charge in [-0.15, -0.1) is 0 Å². The molecule has 0 aliphatic rings. The van der Waals surface area contributed by atoms with Crippen LogP contribution in [0.5, 0.6) is 0 Å². The van der Waals surface area contributed by atoms with Crippen molar-refractivity contribution in [3.63, 3.8) is 0 Å². The van der Waals surface area contributed by atoms with E-state index in [4.69, 9.17) is 4.55 Å². The Bertz CT molecular complexity index is 611. The summed E-state index contributed by atoms with van der Waals surface area (Å²) in [5, 5.41) is 86.3. The number of hydrogen-bond acceptors (Lipinski definition) is 12. The molecular weight excluding hydrogens is 569 g/mol. The number of rotatable bonds is 24. The standard InChI is InChI=1S/C12H26O4S.C10H28N3O9.Na.H/c1-2-3-4-5-6-7-8-9-10-11-12-16-17(13,14)15;14-1-11(2-15,3-16)10(12(4-17,5-18)6-19)13(7-20,8-21)9-22;;/h2-12H2,1H3,(H,13,14,15);10,14-22H,1-9H2;;/q;+3;;. The van der Waals surface area contributed by atoms with Crippen molar-refractivity contribution >= 4 is 40.0 Å². The summed E-state index contributed by atoms with van der Waals surface area (Å²) in [4.78, 5) is 0. The number of aliphatic hydroxyl groups is 9. The summed E-state index contributed by atoms with van der Waals surface area (Å²) in [5.74, 6) is 0. The average Bonchev–Trinajstić information content (AvgIpc) is 2.94. The molecular formula is C22H55N3NaO13S+3. The van der Waals surface area contributed by atoms with Gasteiger partial charge in [0.1, 0.15) is 0 Å². The predicted molar refractivity (Wildman–Crippen MR) is 145 cm³/mol. The van der Waals surface area contributed by atoms with Crippen LogP contribution in [0.3, 0.4) is 0 Å². The van der Waals surface area contributed by atoms with Crippen molar-refractivity contribution < 1.29 is 76.6 Å². The van der Waals surface area contributed by atoms with Gasteiger partial charge in [0.2, 0.25) is 0 Å². The molecule has 0 fully saturated rings. The Balaban J connectivity index is -0.000000689. The molecule has 0 radical (unpaired) electrons. The zero-order valence-electron chi connectivity index (χ0n) is 23.2. The molecule has 0 aromatic rings. The second-order valence-corrected chi connectivity index (χ2v) is 10.8. The number of aliphatic hydroxyl groups excluding tert-OH is 9. The molecule has 0 aliphatic carbocycles. The zero-order valence-corrected chi connectivity index (χ0v) is 24.0. The molecule has 10 N–H and O–H groups in total. The fourth-order valence-electron chi connectivity index (χ4n) is 4.37. The first-order chi connectivity index (χ1) is 18.5. The Morgan fingerprint density at radius 2 is 0.775 bits per heavy atom. The fourth-order valence-corrected chi connectivity index (χ4v) is 4.70. The van der Waals surface area contributed by atoms with Crippen LogP contribution < -0.4 is 0 Å². The van der Waals surface area contributed by atoms with E-state index >= 15 is 0 Å². The van der Waals surface area contributed by atoms with Gasteiger partial charge in [-0.3, -0.25) is 4.55 Å². The maximum atomic E-state index is 10.2. The molecule has 0 atom stereocenters. The first-order valence-electron chi connectivity index (χ1n) is 13.1. The van der Waals surface area contributed by atoms with Gasteiger partial charge >= 0.3 is 46.2 Å². The van der Waals surface area contributed by atoms with Crippen LogP contribution in [0.4, 0.5) is 0 Å². The Labute approximate surface area is 260 Å². The zero-order chi connectivity index (χ0) is 30.4. The molecule has 18 heteroatoms. The third kappa shape index (κ3) is 15.2.